The van der Waals surface area contributed by atoms with Gasteiger partial charge in [0.1, 0.15) is 0 Å². The lowest BCUT2D eigenvalue weighted by molar-refractivity contribution is -0.116. The number of aromatic nitrogens is 2. The third-order valence-electron chi connectivity index (χ3n) is 3.32. The molecular formula is C16H25Cl2N5O. The van der Waals surface area contributed by atoms with Gasteiger partial charge in [0, 0.05) is 31.3 Å². The molecule has 1 aromatic carbocycles. The lowest BCUT2D eigenvalue weighted by Crippen LogP contribution is -2.21. The van der Waals surface area contributed by atoms with Crippen molar-refractivity contribution in [3.63, 3.8) is 0 Å². The molecule has 1 atom stereocenters. The fraction of sp³-hybridized carbons (Fsp3) is 0.375. The summed E-state index contributed by atoms with van der Waals surface area (Å²) in [5, 5.41) is 7.11. The lowest BCUT2D eigenvalue weighted by atomic mass is 10.0. The van der Waals surface area contributed by atoms with E-state index in [2.05, 4.69) is 15.3 Å². The van der Waals surface area contributed by atoms with Crippen molar-refractivity contribution in [3.8, 4) is 0 Å². The van der Waals surface area contributed by atoms with Crippen LogP contribution in [0.5, 0.6) is 0 Å². The van der Waals surface area contributed by atoms with Crippen LogP contribution in [-0.2, 0) is 11.3 Å². The molecule has 1 heterocycles. The maximum Gasteiger partial charge on any atom is 0.227 e. The summed E-state index contributed by atoms with van der Waals surface area (Å²) in [6.07, 6.45) is 2.09. The summed E-state index contributed by atoms with van der Waals surface area (Å²) in [5.74, 6) is 0.429. The number of rotatable bonds is 7. The van der Waals surface area contributed by atoms with E-state index in [9.17, 15) is 4.79 Å². The van der Waals surface area contributed by atoms with Gasteiger partial charge in [-0.1, -0.05) is 30.3 Å². The van der Waals surface area contributed by atoms with Crippen LogP contribution in [0.4, 0.5) is 5.82 Å². The Hall–Kier alpha value is -1.60. The van der Waals surface area contributed by atoms with Gasteiger partial charge in [-0.15, -0.1) is 24.8 Å². The lowest BCUT2D eigenvalue weighted by Gasteiger charge is -2.11. The van der Waals surface area contributed by atoms with E-state index in [0.29, 0.717) is 5.82 Å². The Labute approximate surface area is 155 Å². The molecule has 0 radical (unpaired) electrons. The van der Waals surface area contributed by atoms with Crippen molar-refractivity contribution in [2.45, 2.75) is 19.0 Å². The number of carbonyl (C=O) groups is 1. The number of nitrogens with one attached hydrogen (secondary N) is 1. The molecule has 0 saturated carbocycles. The van der Waals surface area contributed by atoms with Gasteiger partial charge >= 0.3 is 0 Å². The van der Waals surface area contributed by atoms with Gasteiger partial charge in [-0.05, 0) is 19.7 Å². The number of likely N-dealkylation sites (N-methyl/N-ethyl adjacent to an activating group) is 1. The Morgan fingerprint density at radius 2 is 1.92 bits per heavy atom. The molecule has 6 nitrogen and oxygen atoms in total. The smallest absolute Gasteiger partial charge is 0.227 e. The van der Waals surface area contributed by atoms with Gasteiger partial charge < -0.3 is 16.0 Å². The molecule has 0 bridgehead atoms. The van der Waals surface area contributed by atoms with E-state index < -0.39 is 0 Å². The highest BCUT2D eigenvalue weighted by molar-refractivity contribution is 5.90. The minimum atomic E-state index is -0.308. The molecule has 1 amide bonds. The quantitative estimate of drug-likeness (QED) is 0.780. The molecule has 134 valence electrons. The molecule has 1 aromatic heterocycles. The van der Waals surface area contributed by atoms with Crippen LogP contribution < -0.4 is 11.1 Å². The van der Waals surface area contributed by atoms with Gasteiger partial charge in [-0.25, -0.2) is 0 Å². The summed E-state index contributed by atoms with van der Waals surface area (Å²) in [6, 6.07) is 11.1. The molecule has 0 aliphatic carbocycles. The topological polar surface area (TPSA) is 76.2 Å². The summed E-state index contributed by atoms with van der Waals surface area (Å²) >= 11 is 0. The maximum atomic E-state index is 12.0. The van der Waals surface area contributed by atoms with Crippen molar-refractivity contribution in [2.24, 2.45) is 5.73 Å². The second kappa shape index (κ2) is 11.0. The van der Waals surface area contributed by atoms with Gasteiger partial charge in [0.15, 0.2) is 5.82 Å². The van der Waals surface area contributed by atoms with Crippen molar-refractivity contribution < 1.29 is 4.79 Å². The molecule has 0 spiro atoms. The molecule has 2 rings (SSSR count). The first-order valence-corrected chi connectivity index (χ1v) is 7.33. The predicted molar refractivity (Wildman–Crippen MR) is 102 cm³/mol. The Bertz CT molecular complexity index is 604. The Morgan fingerprint density at radius 1 is 1.25 bits per heavy atom. The first kappa shape index (κ1) is 22.4. The number of benzene rings is 1. The summed E-state index contributed by atoms with van der Waals surface area (Å²) in [7, 11) is 4.02. The maximum absolute atomic E-state index is 12.0. The number of carbonyl (C=O) groups excluding carboxylic acids is 1. The number of anilines is 1. The fourth-order valence-electron chi connectivity index (χ4n) is 2.07. The van der Waals surface area contributed by atoms with E-state index in [0.717, 1.165) is 18.7 Å². The minimum absolute atomic E-state index is 0. The Kier molecular flexibility index (Phi) is 10.3. The third-order valence-corrected chi connectivity index (χ3v) is 3.32. The molecular weight excluding hydrogens is 349 g/mol. The first-order chi connectivity index (χ1) is 10.5. The zero-order valence-electron chi connectivity index (χ0n) is 13.9. The Balaban J connectivity index is 0.00000264. The van der Waals surface area contributed by atoms with Crippen LogP contribution in [0, 0.1) is 0 Å². The van der Waals surface area contributed by atoms with Gasteiger partial charge in [-0.3, -0.25) is 9.48 Å². The highest BCUT2D eigenvalue weighted by Gasteiger charge is 2.12. The number of nitrogens with zero attached hydrogens (tertiary/aromatic N) is 3. The van der Waals surface area contributed by atoms with Gasteiger partial charge in [-0.2, -0.15) is 5.10 Å². The van der Waals surface area contributed by atoms with Crippen LogP contribution in [0.1, 0.15) is 18.0 Å². The van der Waals surface area contributed by atoms with Crippen LogP contribution in [0.25, 0.3) is 0 Å². The van der Waals surface area contributed by atoms with Gasteiger partial charge in [0.2, 0.25) is 5.91 Å². The Morgan fingerprint density at radius 3 is 2.54 bits per heavy atom. The van der Waals surface area contributed by atoms with Crippen molar-refractivity contribution in [3.05, 3.63) is 48.2 Å². The average molecular weight is 374 g/mol. The van der Waals surface area contributed by atoms with E-state index in [-0.39, 0.29) is 43.2 Å². The summed E-state index contributed by atoms with van der Waals surface area (Å²) < 4.78 is 1.81. The predicted octanol–water partition coefficient (Wildman–Crippen LogP) is 2.32. The van der Waals surface area contributed by atoms with Crippen LogP contribution in [0.2, 0.25) is 0 Å². The van der Waals surface area contributed by atoms with E-state index in [4.69, 9.17) is 5.73 Å². The first-order valence-electron chi connectivity index (χ1n) is 7.33. The summed E-state index contributed by atoms with van der Waals surface area (Å²) in [4.78, 5) is 14.1. The van der Waals surface area contributed by atoms with Crippen LogP contribution in [-0.4, -0.2) is 41.2 Å². The molecule has 0 aliphatic rings. The average Bonchev–Trinajstić information content (AvgIpc) is 2.93. The number of amides is 1. The number of hydrogen-bond donors (Lipinski definition) is 2. The van der Waals surface area contributed by atoms with E-state index >= 15 is 0 Å². The largest absolute Gasteiger partial charge is 0.324 e. The van der Waals surface area contributed by atoms with Gasteiger partial charge in [0.25, 0.3) is 0 Å². The molecule has 1 unspecified atom stereocenters. The van der Waals surface area contributed by atoms with Gasteiger partial charge in [0.05, 0.1) is 6.54 Å². The monoisotopic (exact) mass is 373 g/mol. The highest BCUT2D eigenvalue weighted by Crippen LogP contribution is 2.14. The number of hydrogen-bond acceptors (Lipinski definition) is 4. The SMILES string of the molecule is CN(C)CCn1ccc(NC(=O)CC(N)c2ccccc2)n1.Cl.Cl. The number of halogens is 2. The van der Waals surface area contributed by atoms with Crippen molar-refractivity contribution >= 4 is 36.5 Å². The standard InChI is InChI=1S/C16H23N5O.2ClH/c1-20(2)10-11-21-9-8-15(19-21)18-16(22)12-14(17)13-6-4-3-5-7-13;;/h3-9,14H,10-12,17H2,1-2H3,(H,18,19,22);2*1H. The molecule has 0 fully saturated rings. The molecule has 2 aromatic rings. The molecule has 0 aliphatic heterocycles. The van der Waals surface area contributed by atoms with Crippen molar-refractivity contribution in [1.82, 2.24) is 14.7 Å². The van der Waals surface area contributed by atoms with E-state index in [1.165, 1.54) is 0 Å². The van der Waals surface area contributed by atoms with Crippen LogP contribution in [0.3, 0.4) is 0 Å². The van der Waals surface area contributed by atoms with Crippen LogP contribution in [0.15, 0.2) is 42.6 Å². The van der Waals surface area contributed by atoms with Crippen LogP contribution >= 0.6 is 24.8 Å². The molecule has 24 heavy (non-hydrogen) atoms. The molecule has 8 heteroatoms. The van der Waals surface area contributed by atoms with Crippen molar-refractivity contribution in [1.29, 1.82) is 0 Å². The summed E-state index contributed by atoms with van der Waals surface area (Å²) in [5.41, 5.74) is 7.00. The normalized spacial score (nSPS) is 11.3. The zero-order chi connectivity index (χ0) is 15.9. The van der Waals surface area contributed by atoms with E-state index in [1.54, 1.807) is 6.07 Å². The molecule has 3 N–H and O–H groups in total. The van der Waals surface area contributed by atoms with Crippen molar-refractivity contribution in [2.75, 3.05) is 26.0 Å². The molecule has 0 saturated heterocycles. The minimum Gasteiger partial charge on any atom is -0.324 e. The van der Waals surface area contributed by atoms with E-state index in [1.807, 2.05) is 55.3 Å². The highest BCUT2D eigenvalue weighted by atomic mass is 35.5. The fourth-order valence-corrected chi connectivity index (χ4v) is 2.07. The third kappa shape index (κ3) is 7.31. The number of nitrogens with two attached hydrogens (primary N) is 1. The second-order valence-corrected chi connectivity index (χ2v) is 5.54. The summed E-state index contributed by atoms with van der Waals surface area (Å²) in [6.45, 7) is 1.68. The zero-order valence-corrected chi connectivity index (χ0v) is 15.5. The second-order valence-electron chi connectivity index (χ2n) is 5.54.